The predicted octanol–water partition coefficient (Wildman–Crippen LogP) is 26.7. The van der Waals surface area contributed by atoms with Crippen LogP contribution in [-0.4, -0.2) is 119 Å². The molecule has 0 aromatic carbocycles. The van der Waals surface area contributed by atoms with Gasteiger partial charge < -0.3 is 35.4 Å². The summed E-state index contributed by atoms with van der Waals surface area (Å²) in [7, 11) is 1.84. The van der Waals surface area contributed by atoms with Crippen molar-refractivity contribution in [3.8, 4) is 0 Å². The van der Waals surface area contributed by atoms with Gasteiger partial charge in [-0.15, -0.1) is 0 Å². The zero-order valence-electron chi connectivity index (χ0n) is 75.6. The fourth-order valence-corrected chi connectivity index (χ4v) is 18.3. The molecule has 9 aliphatic rings. The average molecular weight is 1560 g/mol. The molecule has 12 atom stereocenters. The monoisotopic (exact) mass is 1560 g/mol. The number of aliphatic hydroxyl groups excluding tert-OH is 6. The lowest BCUT2D eigenvalue weighted by molar-refractivity contribution is 0.000259. The largest absolute Gasteiger partial charge is 0.396 e. The van der Waals surface area contributed by atoms with Gasteiger partial charge in [-0.25, -0.2) is 26.3 Å². The van der Waals surface area contributed by atoms with E-state index in [1.165, 1.54) is 77.0 Å². The summed E-state index contributed by atoms with van der Waals surface area (Å²) in [5, 5.41) is 55.0. The van der Waals surface area contributed by atoms with Crippen LogP contribution in [0, 0.1) is 120 Å². The highest BCUT2D eigenvalue weighted by molar-refractivity contribution is 4.91. The van der Waals surface area contributed by atoms with E-state index in [2.05, 4.69) is 187 Å². The Hall–Kier alpha value is -0.770. The minimum Gasteiger partial charge on any atom is -0.396 e. The van der Waals surface area contributed by atoms with E-state index in [4.69, 9.17) is 9.84 Å². The number of rotatable bonds is 4. The lowest BCUT2D eigenvalue weighted by Gasteiger charge is -2.37. The molecule has 648 valence electrons. The van der Waals surface area contributed by atoms with Crippen molar-refractivity contribution in [1.82, 2.24) is 0 Å². The Kier molecular flexibility index (Phi) is 46.4. The molecule has 6 N–H and O–H groups in total. The summed E-state index contributed by atoms with van der Waals surface area (Å²) in [5.74, 6) is 6.43. The van der Waals surface area contributed by atoms with E-state index < -0.39 is 55.5 Å². The standard InChI is InChI=1S/C11H20F2.C11H21F.2C11H22O.4C10H19FO.C10H20O/c1-11(2,3)9-6-4-8(5-7-9)10(12)13;1-11(2,3)10-6-4-9(8-12)5-7-10;1-11(2,3)9-5-7-10(12-4)8-6-9;1-11(2,3)10-6-4-9(8-12)5-7-10;4*1-10(2,3)7-4-5-9(12)8(11)6-7;1-10(2,3)8-4-6-9(11)7-5-8/h8-10H,4-7H2,1-3H3;9-10H,4-8H2,1-3H3;9-10H,5-8H2,1-4H3;9-10,12H,4-8H2,1-3H3;4*7-9,12H,4-6H2,1-3H3;8-9,11H,4-7H2,1-3H3/t;;;;2*7-,8+,9-;2*7-,8-,9-;/m....1010./s1. The van der Waals surface area contributed by atoms with Gasteiger partial charge in [0.15, 0.2) is 0 Å². The first kappa shape index (κ1) is 105. The molecule has 9 saturated carbocycles. The molecular formula is C94H181F7O7. The maximum atomic E-state index is 13.1. The van der Waals surface area contributed by atoms with Gasteiger partial charge in [0, 0.05) is 19.6 Å². The van der Waals surface area contributed by atoms with Crippen LogP contribution in [0.1, 0.15) is 392 Å². The maximum Gasteiger partial charge on any atom is 0.241 e. The molecule has 9 aliphatic carbocycles. The van der Waals surface area contributed by atoms with Crippen molar-refractivity contribution in [2.45, 2.75) is 460 Å². The molecule has 0 saturated heterocycles. The molecule has 108 heavy (non-hydrogen) atoms. The van der Waals surface area contributed by atoms with Crippen LogP contribution in [0.4, 0.5) is 30.7 Å². The van der Waals surface area contributed by atoms with Crippen molar-refractivity contribution >= 4 is 0 Å². The highest BCUT2D eigenvalue weighted by Crippen LogP contribution is 2.47. The van der Waals surface area contributed by atoms with Crippen molar-refractivity contribution < 1.29 is 66.1 Å². The molecule has 0 unspecified atom stereocenters. The summed E-state index contributed by atoms with van der Waals surface area (Å²) < 4.78 is 94.8. The molecule has 0 bridgehead atoms. The molecule has 0 aromatic rings. The van der Waals surface area contributed by atoms with Crippen molar-refractivity contribution in [3.05, 3.63) is 0 Å². The summed E-state index contributed by atoms with van der Waals surface area (Å²) in [6, 6.07) is 0. The molecule has 0 spiro atoms. The Bertz CT molecular complexity index is 2020. The van der Waals surface area contributed by atoms with Gasteiger partial charge in [-0.1, -0.05) is 187 Å². The summed E-state index contributed by atoms with van der Waals surface area (Å²) in [4.78, 5) is 0. The van der Waals surface area contributed by atoms with Crippen LogP contribution in [0.25, 0.3) is 0 Å². The quantitative estimate of drug-likeness (QED) is 0.155. The number of aliphatic hydroxyl groups is 6. The van der Waals surface area contributed by atoms with Gasteiger partial charge in [0.2, 0.25) is 6.43 Å². The van der Waals surface area contributed by atoms with E-state index in [0.717, 1.165) is 101 Å². The van der Waals surface area contributed by atoms with Crippen molar-refractivity contribution in [2.75, 3.05) is 20.4 Å². The first-order valence-corrected chi connectivity index (χ1v) is 44.1. The Morgan fingerprint density at radius 1 is 0.278 bits per heavy atom. The highest BCUT2D eigenvalue weighted by atomic mass is 19.3. The minimum absolute atomic E-state index is 0.00593. The molecule has 0 heterocycles. The third-order valence-corrected chi connectivity index (χ3v) is 28.0. The Morgan fingerprint density at radius 3 is 0.657 bits per heavy atom. The van der Waals surface area contributed by atoms with Gasteiger partial charge in [0.1, 0.15) is 24.7 Å². The molecule has 0 aliphatic heterocycles. The van der Waals surface area contributed by atoms with Crippen molar-refractivity contribution in [1.29, 1.82) is 0 Å². The summed E-state index contributed by atoms with van der Waals surface area (Å²) in [5.41, 5.74) is 2.89. The molecule has 9 rings (SSSR count). The molecule has 0 amide bonds. The van der Waals surface area contributed by atoms with E-state index in [0.29, 0.717) is 133 Å². The molecule has 0 aromatic heterocycles. The lowest BCUT2D eigenvalue weighted by Crippen LogP contribution is -2.35. The van der Waals surface area contributed by atoms with Crippen LogP contribution >= 0.6 is 0 Å². The second kappa shape index (κ2) is 47.6. The second-order valence-corrected chi connectivity index (χ2v) is 45.6. The van der Waals surface area contributed by atoms with E-state index >= 15 is 0 Å². The van der Waals surface area contributed by atoms with Gasteiger partial charge in [-0.2, -0.15) is 0 Å². The normalized spacial score (nSPS) is 34.8. The Labute approximate surface area is 663 Å². The number of hydrogen-bond acceptors (Lipinski definition) is 7. The fraction of sp³-hybridized carbons (Fsp3) is 1.00. The number of ether oxygens (including phenoxy) is 1. The summed E-state index contributed by atoms with van der Waals surface area (Å²) in [6.45, 7) is 60.5. The van der Waals surface area contributed by atoms with E-state index in [9.17, 15) is 56.3 Å². The predicted molar refractivity (Wildman–Crippen MR) is 444 cm³/mol. The summed E-state index contributed by atoms with van der Waals surface area (Å²) >= 11 is 0. The molecule has 0 radical (unpaired) electrons. The highest BCUT2D eigenvalue weighted by Gasteiger charge is 2.41. The van der Waals surface area contributed by atoms with Crippen LogP contribution in [0.5, 0.6) is 0 Å². The van der Waals surface area contributed by atoms with Gasteiger partial charge >= 0.3 is 0 Å². The van der Waals surface area contributed by atoms with Gasteiger partial charge in [-0.3, -0.25) is 4.39 Å². The van der Waals surface area contributed by atoms with E-state index in [-0.39, 0.29) is 40.4 Å². The topological polar surface area (TPSA) is 131 Å². The smallest absolute Gasteiger partial charge is 0.241 e. The van der Waals surface area contributed by atoms with Gasteiger partial charge in [-0.05, 0) is 319 Å². The molecule has 9 fully saturated rings. The summed E-state index contributed by atoms with van der Waals surface area (Å²) in [6.07, 6.45) is 23.0. The third-order valence-electron chi connectivity index (χ3n) is 28.0. The first-order chi connectivity index (χ1) is 49.2. The SMILES string of the molecule is CC(C)(C)C1CCC(C(F)F)CC1.CC(C)(C)C1CCC(CF)CC1.CC(C)(C)C1CCC(CO)CC1.CC(C)(C)C1CCC(O)CC1.CC(C)(C)[C@@H]1CC[C@@H](O)[C@@H](F)C1.CC(C)(C)[C@@H]1CC[C@@H](O)[C@H](F)C1.CC(C)(C)[C@H]1CC[C@H](O)[C@@H](F)C1.CC(C)(C)[C@H]1CC[C@H](O)[C@H](F)C1.COC1CCC(C(C)(C)C)CC1. The third kappa shape index (κ3) is 41.9. The minimum atomic E-state index is -2.10. The molecular weight excluding hydrogens is 1370 g/mol. The fourth-order valence-electron chi connectivity index (χ4n) is 18.3. The van der Waals surface area contributed by atoms with Crippen LogP contribution in [0.3, 0.4) is 0 Å². The molecule has 14 heteroatoms. The average Bonchev–Trinajstić information content (AvgIpc) is 0.849. The van der Waals surface area contributed by atoms with E-state index in [1.807, 2.05) is 7.11 Å². The maximum absolute atomic E-state index is 13.1. The van der Waals surface area contributed by atoms with Gasteiger partial charge in [0.25, 0.3) is 0 Å². The van der Waals surface area contributed by atoms with Crippen LogP contribution in [-0.2, 0) is 4.74 Å². The van der Waals surface area contributed by atoms with Crippen LogP contribution in [0.2, 0.25) is 0 Å². The van der Waals surface area contributed by atoms with Gasteiger partial charge in [0.05, 0.1) is 43.3 Å². The number of halogens is 7. The van der Waals surface area contributed by atoms with Crippen LogP contribution in [0.15, 0.2) is 0 Å². The van der Waals surface area contributed by atoms with Crippen LogP contribution < -0.4 is 0 Å². The van der Waals surface area contributed by atoms with Crippen molar-refractivity contribution in [2.24, 2.45) is 120 Å². The number of hydrogen-bond donors (Lipinski definition) is 6. The van der Waals surface area contributed by atoms with E-state index in [1.54, 1.807) is 0 Å². The van der Waals surface area contributed by atoms with Crippen molar-refractivity contribution in [3.63, 3.8) is 0 Å². The number of methoxy groups -OCH3 is 1. The first-order valence-electron chi connectivity index (χ1n) is 44.1. The zero-order chi connectivity index (χ0) is 83.5. The Morgan fingerprint density at radius 2 is 0.472 bits per heavy atom. The molecule has 7 nitrogen and oxygen atoms in total. The second-order valence-electron chi connectivity index (χ2n) is 45.6. The lowest BCUT2D eigenvalue weighted by atomic mass is 9.70. The number of alkyl halides is 7. The zero-order valence-corrected chi connectivity index (χ0v) is 75.6. The Balaban J connectivity index is 0.000000608.